The Morgan fingerprint density at radius 1 is 0.594 bits per heavy atom. The number of hydrogen-bond donors (Lipinski definition) is 0. The van der Waals surface area contributed by atoms with Crippen molar-refractivity contribution in [2.45, 2.75) is 84.5 Å². The van der Waals surface area contributed by atoms with Crippen LogP contribution in [0.25, 0.3) is 0 Å². The first-order valence-electron chi connectivity index (χ1n) is 12.7. The first-order valence-corrected chi connectivity index (χ1v) is 14.5. The summed E-state index contributed by atoms with van der Waals surface area (Å²) in [6.45, 7) is 5.85. The molecular weight excluding hydrogens is 408 g/mol. The first kappa shape index (κ1) is 26.4. The van der Waals surface area contributed by atoms with Gasteiger partial charge in [0.2, 0.25) is 0 Å². The van der Waals surface area contributed by atoms with Gasteiger partial charge < -0.3 is 8.85 Å². The highest BCUT2D eigenvalue weighted by Crippen LogP contribution is 2.14. The van der Waals surface area contributed by atoms with E-state index in [1.54, 1.807) is 0 Å². The van der Waals surface area contributed by atoms with E-state index in [2.05, 4.69) is 86.4 Å². The fourth-order valence-electron chi connectivity index (χ4n) is 3.88. The van der Waals surface area contributed by atoms with Crippen LogP contribution in [0.5, 0.6) is 0 Å². The Labute approximate surface area is 198 Å². The van der Waals surface area contributed by atoms with Crippen LogP contribution in [0.3, 0.4) is 0 Å². The molecule has 0 unspecified atom stereocenters. The van der Waals surface area contributed by atoms with Gasteiger partial charge in [-0.2, -0.15) is 0 Å². The Balaban J connectivity index is 1.94. The predicted molar refractivity (Wildman–Crippen MR) is 140 cm³/mol. The summed E-state index contributed by atoms with van der Waals surface area (Å²) in [4.78, 5) is 0. The van der Waals surface area contributed by atoms with Gasteiger partial charge in [0.05, 0.1) is 0 Å². The van der Waals surface area contributed by atoms with E-state index in [0.29, 0.717) is 0 Å². The zero-order valence-corrected chi connectivity index (χ0v) is 21.3. The molecule has 0 aliphatic carbocycles. The molecule has 0 spiro atoms. The minimum Gasteiger partial charge on any atom is -0.388 e. The standard InChI is InChI=1S/C29H42O2Si/c1-3-5-7-8-9-10-11-12-13-21-27-31-32(30-26-20-6-4-2,28-22-16-14-17-23-28)29-24-18-15-19-25-29/h14-19,22-25H,3-4,6,8-13,20-21,26-27H2,1-2H3. The van der Waals surface area contributed by atoms with Gasteiger partial charge in [0.15, 0.2) is 0 Å². The smallest absolute Gasteiger partial charge is 0.388 e. The average molecular weight is 451 g/mol. The lowest BCUT2D eigenvalue weighted by molar-refractivity contribution is 0.184. The molecule has 0 bridgehead atoms. The van der Waals surface area contributed by atoms with Gasteiger partial charge in [-0.05, 0) is 29.6 Å². The zero-order valence-electron chi connectivity index (χ0n) is 20.3. The second-order valence-electron chi connectivity index (χ2n) is 8.33. The normalized spacial score (nSPS) is 11.2. The molecule has 0 fully saturated rings. The molecular formula is C29H42O2Si. The molecule has 0 radical (unpaired) electrons. The number of benzene rings is 2. The van der Waals surface area contributed by atoms with Crippen LogP contribution in [-0.2, 0) is 8.85 Å². The zero-order chi connectivity index (χ0) is 22.7. The van der Waals surface area contributed by atoms with Gasteiger partial charge in [-0.3, -0.25) is 0 Å². The summed E-state index contributed by atoms with van der Waals surface area (Å²) in [5.41, 5.74) is 0. The van der Waals surface area contributed by atoms with Crippen LogP contribution < -0.4 is 10.4 Å². The molecule has 0 atom stereocenters. The summed E-state index contributed by atoms with van der Waals surface area (Å²) in [5.74, 6) is 6.39. The summed E-state index contributed by atoms with van der Waals surface area (Å²) in [7, 11) is -2.71. The van der Waals surface area contributed by atoms with Gasteiger partial charge in [0.25, 0.3) is 0 Å². The molecule has 0 aliphatic heterocycles. The number of unbranched alkanes of at least 4 members (excludes halogenated alkanes) is 8. The van der Waals surface area contributed by atoms with E-state index >= 15 is 0 Å². The molecule has 2 rings (SSSR count). The lowest BCUT2D eigenvalue weighted by Gasteiger charge is -2.31. The fraction of sp³-hybridized carbons (Fsp3) is 0.517. The van der Waals surface area contributed by atoms with Crippen molar-refractivity contribution in [1.82, 2.24) is 0 Å². The predicted octanol–water partition coefficient (Wildman–Crippen LogP) is 6.61. The monoisotopic (exact) mass is 450 g/mol. The molecule has 0 saturated carbocycles. The molecule has 0 aromatic heterocycles. The van der Waals surface area contributed by atoms with Crippen LogP contribution >= 0.6 is 0 Å². The van der Waals surface area contributed by atoms with E-state index < -0.39 is 8.56 Å². The Hall–Kier alpha value is -1.86. The van der Waals surface area contributed by atoms with Crippen LogP contribution in [0, 0.1) is 11.8 Å². The van der Waals surface area contributed by atoms with Crippen LogP contribution in [0.2, 0.25) is 0 Å². The molecule has 0 aliphatic rings. The Morgan fingerprint density at radius 2 is 1.09 bits per heavy atom. The van der Waals surface area contributed by atoms with Gasteiger partial charge in [-0.1, -0.05) is 113 Å². The Morgan fingerprint density at radius 3 is 1.62 bits per heavy atom. The summed E-state index contributed by atoms with van der Waals surface area (Å²) in [6.07, 6.45) is 12.9. The minimum absolute atomic E-state index is 0.755. The SMILES string of the molecule is CCC#CCCCCCCCCO[Si](OCCCCC)(c1ccccc1)c1ccccc1. The molecule has 2 aromatic rings. The van der Waals surface area contributed by atoms with E-state index in [1.807, 2.05) is 0 Å². The third-order valence-electron chi connectivity index (χ3n) is 5.66. The summed E-state index contributed by atoms with van der Waals surface area (Å²) in [5, 5.41) is 2.41. The van der Waals surface area contributed by atoms with Crippen molar-refractivity contribution >= 4 is 18.9 Å². The second-order valence-corrected chi connectivity index (χ2v) is 11.3. The van der Waals surface area contributed by atoms with E-state index in [9.17, 15) is 0 Å². The van der Waals surface area contributed by atoms with Crippen molar-refractivity contribution in [3.8, 4) is 11.8 Å². The van der Waals surface area contributed by atoms with Crippen molar-refractivity contribution < 1.29 is 8.85 Å². The fourth-order valence-corrected chi connectivity index (χ4v) is 7.09. The van der Waals surface area contributed by atoms with Crippen LogP contribution in [-0.4, -0.2) is 21.8 Å². The van der Waals surface area contributed by atoms with Crippen molar-refractivity contribution in [2.24, 2.45) is 0 Å². The number of hydrogen-bond acceptors (Lipinski definition) is 2. The maximum Gasteiger partial charge on any atom is 0.407 e. The molecule has 3 heteroatoms. The summed E-state index contributed by atoms with van der Waals surface area (Å²) >= 11 is 0. The van der Waals surface area contributed by atoms with Gasteiger partial charge >= 0.3 is 8.56 Å². The molecule has 32 heavy (non-hydrogen) atoms. The molecule has 2 aromatic carbocycles. The van der Waals surface area contributed by atoms with Gasteiger partial charge in [-0.25, -0.2) is 0 Å². The van der Waals surface area contributed by atoms with Crippen molar-refractivity contribution in [1.29, 1.82) is 0 Å². The topological polar surface area (TPSA) is 18.5 Å². The van der Waals surface area contributed by atoms with Gasteiger partial charge in [0.1, 0.15) is 0 Å². The lowest BCUT2D eigenvalue weighted by Crippen LogP contribution is -2.63. The second kappa shape index (κ2) is 16.7. The summed E-state index contributed by atoms with van der Waals surface area (Å²) in [6, 6.07) is 21.3. The molecule has 0 amide bonds. The molecule has 0 saturated heterocycles. The van der Waals surface area contributed by atoms with Gasteiger partial charge in [0, 0.05) is 26.1 Å². The minimum atomic E-state index is -2.71. The highest BCUT2D eigenvalue weighted by Gasteiger charge is 2.42. The number of rotatable bonds is 16. The van der Waals surface area contributed by atoms with Crippen LogP contribution in [0.1, 0.15) is 84.5 Å². The molecule has 174 valence electrons. The third kappa shape index (κ3) is 9.33. The largest absolute Gasteiger partial charge is 0.407 e. The summed E-state index contributed by atoms with van der Waals surface area (Å²) < 4.78 is 13.5. The highest BCUT2D eigenvalue weighted by molar-refractivity contribution is 6.92. The van der Waals surface area contributed by atoms with E-state index in [4.69, 9.17) is 8.85 Å². The van der Waals surface area contributed by atoms with Crippen molar-refractivity contribution in [3.05, 3.63) is 60.7 Å². The Bertz CT molecular complexity index is 724. The highest BCUT2D eigenvalue weighted by atomic mass is 28.4. The van der Waals surface area contributed by atoms with E-state index in [0.717, 1.165) is 38.9 Å². The van der Waals surface area contributed by atoms with Crippen molar-refractivity contribution in [2.75, 3.05) is 13.2 Å². The maximum atomic E-state index is 6.75. The average Bonchev–Trinajstić information content (AvgIpc) is 2.85. The molecule has 0 heterocycles. The van der Waals surface area contributed by atoms with Crippen molar-refractivity contribution in [3.63, 3.8) is 0 Å². The maximum absolute atomic E-state index is 6.75. The quantitative estimate of drug-likeness (QED) is 0.163. The van der Waals surface area contributed by atoms with Gasteiger partial charge in [-0.15, -0.1) is 11.8 Å². The van der Waals surface area contributed by atoms with E-state index in [1.165, 1.54) is 55.3 Å². The Kier molecular flexibility index (Phi) is 13.8. The van der Waals surface area contributed by atoms with Crippen LogP contribution in [0.15, 0.2) is 60.7 Å². The first-order chi connectivity index (χ1) is 15.8. The van der Waals surface area contributed by atoms with E-state index in [-0.39, 0.29) is 0 Å². The molecule has 2 nitrogen and oxygen atoms in total. The lowest BCUT2D eigenvalue weighted by atomic mass is 10.1. The third-order valence-corrected chi connectivity index (χ3v) is 9.07. The van der Waals surface area contributed by atoms with Crippen LogP contribution in [0.4, 0.5) is 0 Å². The molecule has 0 N–H and O–H groups in total.